The number of hydrogen-bond donors (Lipinski definition) is 0. The Balaban J connectivity index is 0.000000191. The molecule has 0 aromatic carbocycles. The van der Waals surface area contributed by atoms with E-state index in [9.17, 15) is 13.6 Å². The Morgan fingerprint density at radius 2 is 1.63 bits per heavy atom. The van der Waals surface area contributed by atoms with Crippen LogP contribution < -0.4 is 0 Å². The summed E-state index contributed by atoms with van der Waals surface area (Å²) in [4.78, 5) is 17.3. The zero-order valence-electron chi connectivity index (χ0n) is 9.43. The minimum atomic E-state index is -2.49. The number of alkyl halides is 2. The Hall–Kier alpha value is -1.21. The number of rotatable bonds is 2. The van der Waals surface area contributed by atoms with Crippen LogP contribution in [-0.2, 0) is 0 Å². The Labute approximate surface area is 125 Å². The first kappa shape index (κ1) is 15.8. The van der Waals surface area contributed by atoms with Gasteiger partial charge in [0, 0.05) is 21.3 Å². The monoisotopic (exact) mass is 392 g/mol. The first-order valence-corrected chi connectivity index (χ1v) is 6.58. The normalized spacial score (nSPS) is 9.74. The maximum atomic E-state index is 11.9. The molecular weight excluding hydrogens is 386 g/mol. The van der Waals surface area contributed by atoms with E-state index in [2.05, 4.69) is 41.8 Å². The van der Waals surface area contributed by atoms with Gasteiger partial charge in [0.1, 0.15) is 11.4 Å². The standard InChI is InChI=1S/C6H4BrF2N.C6H4BrNO/c7-4-1-2-10-5(3-4)6(8)9;7-5-1-2-8-6(3-5)4-9/h1-3,6H;1-4H. The molecule has 2 rings (SSSR count). The second-order valence-electron chi connectivity index (χ2n) is 3.22. The number of nitrogens with zero attached hydrogens (tertiary/aromatic N) is 2. The Morgan fingerprint density at radius 3 is 2.00 bits per heavy atom. The predicted molar refractivity (Wildman–Crippen MR) is 74.2 cm³/mol. The number of aldehydes is 1. The van der Waals surface area contributed by atoms with Crippen LogP contribution in [0.25, 0.3) is 0 Å². The summed E-state index contributed by atoms with van der Waals surface area (Å²) in [6.45, 7) is 0. The minimum Gasteiger partial charge on any atom is -0.296 e. The SMILES string of the molecule is FC(F)c1cc(Br)ccn1.O=Cc1cc(Br)ccn1. The van der Waals surface area contributed by atoms with Crippen molar-refractivity contribution in [3.63, 3.8) is 0 Å². The molecule has 2 aromatic heterocycles. The van der Waals surface area contributed by atoms with Crippen molar-refractivity contribution in [1.82, 2.24) is 9.97 Å². The molecule has 2 heterocycles. The quantitative estimate of drug-likeness (QED) is 0.708. The third-order valence-electron chi connectivity index (χ3n) is 1.83. The van der Waals surface area contributed by atoms with Crippen LogP contribution in [0, 0.1) is 0 Å². The van der Waals surface area contributed by atoms with E-state index >= 15 is 0 Å². The van der Waals surface area contributed by atoms with Gasteiger partial charge in [-0.3, -0.25) is 14.8 Å². The average Bonchev–Trinajstić information content (AvgIpc) is 2.39. The molecule has 7 heteroatoms. The van der Waals surface area contributed by atoms with E-state index in [1.165, 1.54) is 12.3 Å². The van der Waals surface area contributed by atoms with E-state index in [-0.39, 0.29) is 5.69 Å². The molecule has 0 aliphatic carbocycles. The van der Waals surface area contributed by atoms with Gasteiger partial charge in [0.2, 0.25) is 0 Å². The van der Waals surface area contributed by atoms with Gasteiger partial charge in [0.15, 0.2) is 6.29 Å². The van der Waals surface area contributed by atoms with E-state index < -0.39 is 6.43 Å². The highest BCUT2D eigenvalue weighted by molar-refractivity contribution is 9.10. The maximum Gasteiger partial charge on any atom is 0.280 e. The first-order valence-electron chi connectivity index (χ1n) is 4.99. The fourth-order valence-corrected chi connectivity index (χ4v) is 1.73. The van der Waals surface area contributed by atoms with Crippen molar-refractivity contribution in [2.24, 2.45) is 0 Å². The molecule has 0 fully saturated rings. The molecule has 0 N–H and O–H groups in total. The number of halogens is 4. The molecule has 3 nitrogen and oxygen atoms in total. The van der Waals surface area contributed by atoms with Gasteiger partial charge in [-0.25, -0.2) is 8.78 Å². The number of carbonyl (C=O) groups excluding carboxylic acids is 1. The molecule has 2 aromatic rings. The summed E-state index contributed by atoms with van der Waals surface area (Å²) in [5.41, 5.74) is 0.249. The molecule has 0 atom stereocenters. The highest BCUT2D eigenvalue weighted by atomic mass is 79.9. The molecule has 0 amide bonds. The molecule has 0 spiro atoms. The van der Waals surface area contributed by atoms with Crippen LogP contribution in [0.2, 0.25) is 0 Å². The largest absolute Gasteiger partial charge is 0.296 e. The second kappa shape index (κ2) is 8.06. The Morgan fingerprint density at radius 1 is 1.05 bits per heavy atom. The van der Waals surface area contributed by atoms with E-state index in [1.807, 2.05) is 0 Å². The molecular formula is C12H8Br2F2N2O. The average molecular weight is 394 g/mol. The molecule has 100 valence electrons. The van der Waals surface area contributed by atoms with Gasteiger partial charge in [0.05, 0.1) is 0 Å². The summed E-state index contributed by atoms with van der Waals surface area (Å²) in [6.07, 6.45) is 1.14. The van der Waals surface area contributed by atoms with Crippen molar-refractivity contribution < 1.29 is 13.6 Å². The summed E-state index contributed by atoms with van der Waals surface area (Å²) in [5, 5.41) is 0. The van der Waals surface area contributed by atoms with Gasteiger partial charge < -0.3 is 0 Å². The van der Waals surface area contributed by atoms with Crippen molar-refractivity contribution in [1.29, 1.82) is 0 Å². The van der Waals surface area contributed by atoms with Crippen LogP contribution in [-0.4, -0.2) is 16.3 Å². The number of aromatic nitrogens is 2. The molecule has 0 saturated heterocycles. The molecule has 0 aliphatic rings. The zero-order chi connectivity index (χ0) is 14.3. The zero-order valence-corrected chi connectivity index (χ0v) is 12.6. The fraction of sp³-hybridized carbons (Fsp3) is 0.0833. The van der Waals surface area contributed by atoms with E-state index in [0.29, 0.717) is 16.5 Å². The Bertz CT molecular complexity index is 553. The summed E-state index contributed by atoms with van der Waals surface area (Å²) < 4.78 is 25.2. The van der Waals surface area contributed by atoms with Crippen LogP contribution in [0.4, 0.5) is 8.78 Å². The summed E-state index contributed by atoms with van der Waals surface area (Å²) >= 11 is 6.26. The van der Waals surface area contributed by atoms with Gasteiger partial charge in [0.25, 0.3) is 6.43 Å². The lowest BCUT2D eigenvalue weighted by atomic mass is 10.4. The third kappa shape index (κ3) is 5.98. The van der Waals surface area contributed by atoms with Crippen molar-refractivity contribution in [3.8, 4) is 0 Å². The maximum absolute atomic E-state index is 11.9. The molecule has 19 heavy (non-hydrogen) atoms. The van der Waals surface area contributed by atoms with Gasteiger partial charge in [-0.2, -0.15) is 0 Å². The number of carbonyl (C=O) groups is 1. The lowest BCUT2D eigenvalue weighted by Gasteiger charge is -1.96. The lowest BCUT2D eigenvalue weighted by Crippen LogP contribution is -1.87. The van der Waals surface area contributed by atoms with Crippen molar-refractivity contribution in [2.75, 3.05) is 0 Å². The van der Waals surface area contributed by atoms with Gasteiger partial charge in [-0.05, 0) is 24.3 Å². The fourth-order valence-electron chi connectivity index (χ4n) is 1.03. The third-order valence-corrected chi connectivity index (χ3v) is 2.82. The smallest absolute Gasteiger partial charge is 0.280 e. The van der Waals surface area contributed by atoms with Crippen molar-refractivity contribution in [3.05, 3.63) is 57.0 Å². The first-order chi connectivity index (χ1) is 9.02. The van der Waals surface area contributed by atoms with Crippen LogP contribution in [0.3, 0.4) is 0 Å². The number of hydrogen-bond acceptors (Lipinski definition) is 3. The minimum absolute atomic E-state index is 0.200. The van der Waals surface area contributed by atoms with Crippen molar-refractivity contribution >= 4 is 38.1 Å². The van der Waals surface area contributed by atoms with Crippen LogP contribution in [0.1, 0.15) is 22.6 Å². The van der Waals surface area contributed by atoms with E-state index in [0.717, 1.165) is 4.47 Å². The van der Waals surface area contributed by atoms with Crippen LogP contribution >= 0.6 is 31.9 Å². The Kier molecular flexibility index (Phi) is 6.72. The van der Waals surface area contributed by atoms with E-state index in [4.69, 9.17) is 0 Å². The molecule has 0 saturated carbocycles. The molecule has 0 aliphatic heterocycles. The molecule has 0 unspecified atom stereocenters. The topological polar surface area (TPSA) is 42.9 Å². The van der Waals surface area contributed by atoms with Crippen LogP contribution in [0.5, 0.6) is 0 Å². The summed E-state index contributed by atoms with van der Waals surface area (Å²) in [6, 6.07) is 6.33. The molecule has 0 bridgehead atoms. The summed E-state index contributed by atoms with van der Waals surface area (Å²) in [7, 11) is 0. The predicted octanol–water partition coefficient (Wildman–Crippen LogP) is 4.44. The van der Waals surface area contributed by atoms with Gasteiger partial charge in [-0.1, -0.05) is 31.9 Å². The molecule has 0 radical (unpaired) electrons. The highest BCUT2D eigenvalue weighted by Gasteiger charge is 2.07. The van der Waals surface area contributed by atoms with Gasteiger partial charge in [-0.15, -0.1) is 0 Å². The lowest BCUT2D eigenvalue weighted by molar-refractivity contribution is 0.111. The second-order valence-corrected chi connectivity index (χ2v) is 5.05. The van der Waals surface area contributed by atoms with Gasteiger partial charge >= 0.3 is 0 Å². The van der Waals surface area contributed by atoms with Crippen molar-refractivity contribution in [2.45, 2.75) is 6.43 Å². The van der Waals surface area contributed by atoms with E-state index in [1.54, 1.807) is 24.4 Å². The highest BCUT2D eigenvalue weighted by Crippen LogP contribution is 2.18. The number of pyridine rings is 2. The van der Waals surface area contributed by atoms with Crippen LogP contribution in [0.15, 0.2) is 45.6 Å². The summed E-state index contributed by atoms with van der Waals surface area (Å²) in [5.74, 6) is 0.